The Kier molecular flexibility index (Phi) is 4.72. The molecule has 1 saturated heterocycles. The fourth-order valence-corrected chi connectivity index (χ4v) is 4.49. The van der Waals surface area contributed by atoms with Crippen LogP contribution in [0.2, 0.25) is 0 Å². The van der Waals surface area contributed by atoms with Crippen LogP contribution in [0.3, 0.4) is 0 Å². The van der Waals surface area contributed by atoms with E-state index in [0.717, 1.165) is 42.7 Å². The molecule has 2 fully saturated rings. The van der Waals surface area contributed by atoms with Crippen LogP contribution in [0, 0.1) is 5.92 Å². The van der Waals surface area contributed by atoms with Gasteiger partial charge in [0.05, 0.1) is 25.9 Å². The molecule has 1 aromatic carbocycles. The number of ether oxygens (including phenoxy) is 2. The lowest BCUT2D eigenvalue weighted by molar-refractivity contribution is -0.153. The second-order valence-corrected chi connectivity index (χ2v) is 6.97. The minimum Gasteiger partial charge on any atom is -0.497 e. The van der Waals surface area contributed by atoms with Crippen molar-refractivity contribution in [3.63, 3.8) is 0 Å². The van der Waals surface area contributed by atoms with E-state index in [0.29, 0.717) is 13.0 Å². The first kappa shape index (κ1) is 17.1. The van der Waals surface area contributed by atoms with Gasteiger partial charge in [-0.05, 0) is 37.5 Å². The van der Waals surface area contributed by atoms with Crippen molar-refractivity contribution in [3.8, 4) is 11.5 Å². The van der Waals surface area contributed by atoms with E-state index >= 15 is 0 Å². The van der Waals surface area contributed by atoms with Crippen LogP contribution < -0.4 is 9.47 Å². The number of carbonyl (C=O) groups excluding carboxylic acids is 1. The summed E-state index contributed by atoms with van der Waals surface area (Å²) in [4.78, 5) is 14.2. The van der Waals surface area contributed by atoms with Gasteiger partial charge in [0.15, 0.2) is 0 Å². The monoisotopic (exact) mass is 333 g/mol. The van der Waals surface area contributed by atoms with Crippen molar-refractivity contribution in [1.29, 1.82) is 0 Å². The minimum atomic E-state index is -0.692. The highest BCUT2D eigenvalue weighted by Crippen LogP contribution is 2.51. The Morgan fingerprint density at radius 1 is 1.25 bits per heavy atom. The molecule has 1 N–H and O–H groups in total. The fraction of sp³-hybridized carbons (Fsp3) is 0.632. The van der Waals surface area contributed by atoms with Gasteiger partial charge in [-0.15, -0.1) is 0 Å². The summed E-state index contributed by atoms with van der Waals surface area (Å²) >= 11 is 0. The molecule has 5 heteroatoms. The quantitative estimate of drug-likeness (QED) is 0.924. The molecule has 3 rings (SSSR count). The molecule has 1 aromatic rings. The Hall–Kier alpha value is -1.75. The zero-order chi connectivity index (χ0) is 17.3. The first-order chi connectivity index (χ1) is 11.5. The zero-order valence-electron chi connectivity index (χ0n) is 14.7. The highest BCUT2D eigenvalue weighted by molar-refractivity contribution is 5.74. The Labute approximate surface area is 143 Å². The van der Waals surface area contributed by atoms with Crippen molar-refractivity contribution in [3.05, 3.63) is 23.8 Å². The van der Waals surface area contributed by atoms with Crippen LogP contribution in [0.4, 0.5) is 0 Å². The third-order valence-corrected chi connectivity index (χ3v) is 5.73. The van der Waals surface area contributed by atoms with E-state index in [-0.39, 0.29) is 17.9 Å². The number of fused-ring (bicyclic) bond motifs is 1. The number of amides is 1. The molecule has 24 heavy (non-hydrogen) atoms. The van der Waals surface area contributed by atoms with E-state index in [1.165, 1.54) is 0 Å². The second kappa shape index (κ2) is 6.63. The Balaban J connectivity index is 2.10. The molecule has 0 aromatic heterocycles. The Morgan fingerprint density at radius 2 is 2.04 bits per heavy atom. The van der Waals surface area contributed by atoms with Crippen LogP contribution in [-0.4, -0.2) is 42.3 Å². The first-order valence-electron chi connectivity index (χ1n) is 8.71. The fourth-order valence-electron chi connectivity index (χ4n) is 4.49. The first-order valence-corrected chi connectivity index (χ1v) is 8.71. The van der Waals surface area contributed by atoms with Gasteiger partial charge in [-0.2, -0.15) is 0 Å². The number of methoxy groups -OCH3 is 2. The molecule has 1 heterocycles. The SMILES string of the molecule is COc1ccc(OC)c([C@H]2[C@H]3CCCC[C@@]3(O)CCN2C(C)=O)c1. The molecule has 1 saturated carbocycles. The predicted octanol–water partition coefficient (Wildman–Crippen LogP) is 2.92. The van der Waals surface area contributed by atoms with Gasteiger partial charge >= 0.3 is 0 Å². The van der Waals surface area contributed by atoms with Gasteiger partial charge in [0.1, 0.15) is 11.5 Å². The molecule has 0 spiro atoms. The Morgan fingerprint density at radius 3 is 2.71 bits per heavy atom. The summed E-state index contributed by atoms with van der Waals surface area (Å²) in [6.45, 7) is 2.18. The van der Waals surface area contributed by atoms with Crippen molar-refractivity contribution < 1.29 is 19.4 Å². The van der Waals surface area contributed by atoms with Crippen molar-refractivity contribution in [2.75, 3.05) is 20.8 Å². The maximum absolute atomic E-state index is 12.3. The number of aliphatic hydroxyl groups is 1. The maximum atomic E-state index is 12.3. The summed E-state index contributed by atoms with van der Waals surface area (Å²) in [6, 6.07) is 5.51. The predicted molar refractivity (Wildman–Crippen MR) is 91.2 cm³/mol. The molecule has 1 amide bonds. The normalized spacial score (nSPS) is 29.8. The molecular formula is C19H27NO4. The van der Waals surface area contributed by atoms with Crippen molar-refractivity contribution in [2.45, 2.75) is 50.7 Å². The molecule has 1 aliphatic heterocycles. The van der Waals surface area contributed by atoms with E-state index < -0.39 is 5.60 Å². The van der Waals surface area contributed by atoms with Crippen LogP contribution in [0.15, 0.2) is 18.2 Å². The maximum Gasteiger partial charge on any atom is 0.219 e. The second-order valence-electron chi connectivity index (χ2n) is 6.97. The highest BCUT2D eigenvalue weighted by atomic mass is 16.5. The topological polar surface area (TPSA) is 59.0 Å². The summed E-state index contributed by atoms with van der Waals surface area (Å²) in [7, 11) is 3.27. The van der Waals surface area contributed by atoms with Crippen LogP contribution >= 0.6 is 0 Å². The summed E-state index contributed by atoms with van der Waals surface area (Å²) in [5.74, 6) is 1.54. The lowest BCUT2D eigenvalue weighted by Gasteiger charge is -2.52. The highest BCUT2D eigenvalue weighted by Gasteiger charge is 2.50. The molecule has 5 nitrogen and oxygen atoms in total. The minimum absolute atomic E-state index is 0.0323. The van der Waals surface area contributed by atoms with E-state index in [1.54, 1.807) is 21.1 Å². The van der Waals surface area contributed by atoms with Gasteiger partial charge < -0.3 is 19.5 Å². The van der Waals surface area contributed by atoms with Crippen molar-refractivity contribution in [2.24, 2.45) is 5.92 Å². The summed E-state index contributed by atoms with van der Waals surface area (Å²) in [5, 5.41) is 11.2. The number of hydrogen-bond acceptors (Lipinski definition) is 4. The van der Waals surface area contributed by atoms with Crippen molar-refractivity contribution in [1.82, 2.24) is 4.90 Å². The average Bonchev–Trinajstić information content (AvgIpc) is 2.59. The molecular weight excluding hydrogens is 306 g/mol. The van der Waals surface area contributed by atoms with Crippen LogP contribution in [0.5, 0.6) is 11.5 Å². The molecule has 1 aliphatic carbocycles. The summed E-state index contributed by atoms with van der Waals surface area (Å²) in [6.07, 6.45) is 4.52. The zero-order valence-corrected chi connectivity index (χ0v) is 14.7. The number of nitrogens with zero attached hydrogens (tertiary/aromatic N) is 1. The van der Waals surface area contributed by atoms with Gasteiger partial charge in [-0.3, -0.25) is 4.79 Å². The third-order valence-electron chi connectivity index (χ3n) is 5.73. The van der Waals surface area contributed by atoms with Crippen LogP contribution in [0.1, 0.15) is 50.6 Å². The average molecular weight is 333 g/mol. The van der Waals surface area contributed by atoms with Crippen LogP contribution in [-0.2, 0) is 4.79 Å². The Bertz CT molecular complexity index is 617. The lowest BCUT2D eigenvalue weighted by Crippen LogP contribution is -2.55. The summed E-state index contributed by atoms with van der Waals surface area (Å²) < 4.78 is 10.9. The number of piperidine rings is 1. The van der Waals surface area contributed by atoms with Crippen molar-refractivity contribution >= 4 is 5.91 Å². The molecule has 0 unspecified atom stereocenters. The van der Waals surface area contributed by atoms with Crippen LogP contribution in [0.25, 0.3) is 0 Å². The molecule has 3 atom stereocenters. The molecule has 2 aliphatic rings. The standard InChI is InChI=1S/C19H27NO4/c1-13(21)20-11-10-19(22)9-5-4-6-16(19)18(20)15-12-14(23-2)7-8-17(15)24-3/h7-8,12,16,18,22H,4-6,9-11H2,1-3H3/t16-,18+,19-/m1/s1. The van der Waals surface area contributed by atoms with Gasteiger partial charge in [0.2, 0.25) is 5.91 Å². The number of rotatable bonds is 3. The molecule has 0 bridgehead atoms. The molecule has 0 radical (unpaired) electrons. The molecule has 132 valence electrons. The number of likely N-dealkylation sites (tertiary alicyclic amines) is 1. The van der Waals surface area contributed by atoms with E-state index in [9.17, 15) is 9.90 Å². The lowest BCUT2D eigenvalue weighted by atomic mass is 9.66. The van der Waals surface area contributed by atoms with Gasteiger partial charge in [-0.1, -0.05) is 12.8 Å². The van der Waals surface area contributed by atoms with Gasteiger partial charge in [0.25, 0.3) is 0 Å². The third kappa shape index (κ3) is 2.86. The summed E-state index contributed by atoms with van der Waals surface area (Å²) in [5.41, 5.74) is 0.236. The number of carbonyl (C=O) groups is 1. The number of benzene rings is 1. The van der Waals surface area contributed by atoms with Gasteiger partial charge in [0, 0.05) is 24.9 Å². The smallest absolute Gasteiger partial charge is 0.219 e. The van der Waals surface area contributed by atoms with E-state index in [2.05, 4.69) is 0 Å². The van der Waals surface area contributed by atoms with E-state index in [4.69, 9.17) is 9.47 Å². The largest absolute Gasteiger partial charge is 0.497 e. The van der Waals surface area contributed by atoms with E-state index in [1.807, 2.05) is 23.1 Å². The van der Waals surface area contributed by atoms with Gasteiger partial charge in [-0.25, -0.2) is 0 Å². The number of hydrogen-bond donors (Lipinski definition) is 1.